The van der Waals surface area contributed by atoms with Gasteiger partial charge in [-0.2, -0.15) is 0 Å². The van der Waals surface area contributed by atoms with Crippen molar-refractivity contribution in [3.63, 3.8) is 0 Å². The first-order valence-corrected chi connectivity index (χ1v) is 6.68. The molecule has 1 aromatic heterocycles. The van der Waals surface area contributed by atoms with Crippen molar-refractivity contribution in [1.29, 1.82) is 0 Å². The number of nitrogens with zero attached hydrogens (tertiary/aromatic N) is 2. The van der Waals surface area contributed by atoms with Crippen LogP contribution in [0.5, 0.6) is 0 Å². The first kappa shape index (κ1) is 16.8. The molecule has 1 heterocycles. The third-order valence-corrected chi connectivity index (χ3v) is 2.79. The van der Waals surface area contributed by atoms with Crippen LogP contribution in [0.25, 0.3) is 0 Å². The van der Waals surface area contributed by atoms with Crippen LogP contribution in [0.15, 0.2) is 12.3 Å². The van der Waals surface area contributed by atoms with E-state index in [9.17, 15) is 19.7 Å². The molecule has 0 saturated heterocycles. The lowest BCUT2D eigenvalue weighted by Crippen LogP contribution is -2.31. The first-order chi connectivity index (χ1) is 9.95. The molecule has 0 spiro atoms. The highest BCUT2D eigenvalue weighted by Crippen LogP contribution is 2.18. The maximum Gasteiger partial charge on any atom is 0.288 e. The molecule has 0 unspecified atom stereocenters. The summed E-state index contributed by atoms with van der Waals surface area (Å²) in [6.45, 7) is 2.61. The fourth-order valence-electron chi connectivity index (χ4n) is 1.43. The highest BCUT2D eigenvalue weighted by molar-refractivity contribution is 6.32. The summed E-state index contributed by atoms with van der Waals surface area (Å²) in [5, 5.41) is 15.6. The highest BCUT2D eigenvalue weighted by Gasteiger charge is 2.17. The average molecular weight is 315 g/mol. The minimum Gasteiger partial charge on any atom is -0.356 e. The van der Waals surface area contributed by atoms with Crippen LogP contribution >= 0.6 is 11.6 Å². The molecule has 1 aromatic rings. The smallest absolute Gasteiger partial charge is 0.288 e. The lowest BCUT2D eigenvalue weighted by Gasteiger charge is -2.06. The van der Waals surface area contributed by atoms with Gasteiger partial charge in [-0.1, -0.05) is 18.5 Å². The van der Waals surface area contributed by atoms with Gasteiger partial charge in [-0.05, 0) is 6.42 Å². The van der Waals surface area contributed by atoms with Crippen molar-refractivity contribution < 1.29 is 14.5 Å². The van der Waals surface area contributed by atoms with Crippen molar-refractivity contribution in [2.45, 2.75) is 19.8 Å². The van der Waals surface area contributed by atoms with E-state index in [2.05, 4.69) is 15.6 Å². The van der Waals surface area contributed by atoms with Crippen LogP contribution in [0.1, 0.15) is 30.1 Å². The highest BCUT2D eigenvalue weighted by atomic mass is 35.5. The molecular weight excluding hydrogens is 300 g/mol. The molecule has 0 atom stereocenters. The number of rotatable bonds is 7. The Bertz CT molecular complexity index is 550. The van der Waals surface area contributed by atoms with E-state index in [0.717, 1.165) is 18.7 Å². The number of aromatic nitrogens is 1. The minimum atomic E-state index is -0.668. The summed E-state index contributed by atoms with van der Waals surface area (Å²) >= 11 is 5.73. The van der Waals surface area contributed by atoms with Crippen LogP contribution in [0.2, 0.25) is 5.15 Å². The summed E-state index contributed by atoms with van der Waals surface area (Å²) < 4.78 is 0. The van der Waals surface area contributed by atoms with E-state index in [1.165, 1.54) is 0 Å². The molecule has 0 fully saturated rings. The SMILES string of the molecule is CCCNC(=O)CCNC(=O)c1cc([N+](=O)[O-])cnc1Cl. The molecule has 1 rings (SSSR count). The number of amides is 2. The summed E-state index contributed by atoms with van der Waals surface area (Å²) in [6.07, 6.45) is 1.91. The summed E-state index contributed by atoms with van der Waals surface area (Å²) in [7, 11) is 0. The normalized spacial score (nSPS) is 10.0. The van der Waals surface area contributed by atoms with Crippen LogP contribution in [-0.4, -0.2) is 34.8 Å². The number of carbonyl (C=O) groups excluding carboxylic acids is 2. The molecule has 0 radical (unpaired) electrons. The zero-order valence-electron chi connectivity index (χ0n) is 11.4. The number of nitro groups is 1. The second-order valence-corrected chi connectivity index (χ2v) is 4.50. The molecular formula is C12H15ClN4O4. The fraction of sp³-hybridized carbons (Fsp3) is 0.417. The molecule has 0 aromatic carbocycles. The van der Waals surface area contributed by atoms with Gasteiger partial charge in [0.1, 0.15) is 11.3 Å². The van der Waals surface area contributed by atoms with Gasteiger partial charge < -0.3 is 10.6 Å². The van der Waals surface area contributed by atoms with E-state index in [0.29, 0.717) is 6.54 Å². The van der Waals surface area contributed by atoms with Gasteiger partial charge in [-0.25, -0.2) is 4.98 Å². The maximum absolute atomic E-state index is 11.8. The van der Waals surface area contributed by atoms with Gasteiger partial charge >= 0.3 is 0 Å². The minimum absolute atomic E-state index is 0.0974. The van der Waals surface area contributed by atoms with E-state index in [1.807, 2.05) is 6.92 Å². The zero-order chi connectivity index (χ0) is 15.8. The Hall–Kier alpha value is -2.22. The van der Waals surface area contributed by atoms with Crippen molar-refractivity contribution in [3.05, 3.63) is 33.1 Å². The molecule has 2 N–H and O–H groups in total. The summed E-state index contributed by atoms with van der Waals surface area (Å²) in [5.41, 5.74) is -0.426. The Labute approximate surface area is 126 Å². The zero-order valence-corrected chi connectivity index (χ0v) is 12.1. The van der Waals surface area contributed by atoms with Crippen LogP contribution in [0.3, 0.4) is 0 Å². The van der Waals surface area contributed by atoms with Crippen molar-refractivity contribution in [1.82, 2.24) is 15.6 Å². The van der Waals surface area contributed by atoms with Crippen LogP contribution < -0.4 is 10.6 Å². The molecule has 0 aliphatic heterocycles. The molecule has 8 nitrogen and oxygen atoms in total. The molecule has 21 heavy (non-hydrogen) atoms. The van der Waals surface area contributed by atoms with Gasteiger partial charge in [-0.15, -0.1) is 0 Å². The standard InChI is InChI=1S/C12H15ClN4O4/c1-2-4-14-10(18)3-5-15-12(19)9-6-8(17(20)21)7-16-11(9)13/h6-7H,2-5H2,1H3,(H,14,18)(H,15,19). The molecule has 0 aliphatic rings. The van der Waals surface area contributed by atoms with Crippen molar-refractivity contribution in [3.8, 4) is 0 Å². The number of hydrogen-bond donors (Lipinski definition) is 2. The second kappa shape index (κ2) is 8.15. The second-order valence-electron chi connectivity index (χ2n) is 4.14. The Morgan fingerprint density at radius 3 is 2.71 bits per heavy atom. The van der Waals surface area contributed by atoms with Gasteiger partial charge in [0.25, 0.3) is 11.6 Å². The Morgan fingerprint density at radius 1 is 1.38 bits per heavy atom. The molecule has 0 bridgehead atoms. The molecule has 114 valence electrons. The quantitative estimate of drug-likeness (QED) is 0.447. The van der Waals surface area contributed by atoms with Gasteiger partial charge in [0, 0.05) is 25.6 Å². The molecule has 0 saturated carbocycles. The van der Waals surface area contributed by atoms with Crippen molar-refractivity contribution in [2.24, 2.45) is 0 Å². The number of pyridine rings is 1. The summed E-state index contributed by atoms with van der Waals surface area (Å²) in [6, 6.07) is 1.04. The predicted octanol–water partition coefficient (Wildman–Crippen LogP) is 1.29. The van der Waals surface area contributed by atoms with E-state index in [4.69, 9.17) is 11.6 Å². The van der Waals surface area contributed by atoms with Gasteiger partial charge in [0.2, 0.25) is 5.91 Å². The Balaban J connectivity index is 2.58. The van der Waals surface area contributed by atoms with Crippen molar-refractivity contribution >= 4 is 29.1 Å². The molecule has 0 aliphatic carbocycles. The molecule has 2 amide bonds. The van der Waals surface area contributed by atoms with Gasteiger partial charge in [0.15, 0.2) is 0 Å². The number of carbonyl (C=O) groups is 2. The monoisotopic (exact) mass is 314 g/mol. The Kier molecular flexibility index (Phi) is 6.54. The number of hydrogen-bond acceptors (Lipinski definition) is 5. The topological polar surface area (TPSA) is 114 Å². The van der Waals surface area contributed by atoms with Gasteiger partial charge in [-0.3, -0.25) is 19.7 Å². The van der Waals surface area contributed by atoms with Gasteiger partial charge in [0.05, 0.1) is 10.5 Å². The van der Waals surface area contributed by atoms with Crippen LogP contribution in [0, 0.1) is 10.1 Å². The number of nitrogens with one attached hydrogen (secondary N) is 2. The Morgan fingerprint density at radius 2 is 2.10 bits per heavy atom. The van der Waals surface area contributed by atoms with Crippen molar-refractivity contribution in [2.75, 3.05) is 13.1 Å². The maximum atomic E-state index is 11.8. The van der Waals surface area contributed by atoms with E-state index in [1.54, 1.807) is 0 Å². The average Bonchev–Trinajstić information content (AvgIpc) is 2.45. The lowest BCUT2D eigenvalue weighted by molar-refractivity contribution is -0.385. The number of halogens is 1. The lowest BCUT2D eigenvalue weighted by atomic mass is 10.2. The van der Waals surface area contributed by atoms with Crippen LogP contribution in [0.4, 0.5) is 5.69 Å². The largest absolute Gasteiger partial charge is 0.356 e. The fourth-order valence-corrected chi connectivity index (χ4v) is 1.62. The summed E-state index contributed by atoms with van der Waals surface area (Å²) in [4.78, 5) is 36.7. The van der Waals surface area contributed by atoms with E-state index >= 15 is 0 Å². The first-order valence-electron chi connectivity index (χ1n) is 6.30. The van der Waals surface area contributed by atoms with E-state index in [-0.39, 0.29) is 35.3 Å². The van der Waals surface area contributed by atoms with E-state index < -0.39 is 10.8 Å². The predicted molar refractivity (Wildman–Crippen MR) is 76.2 cm³/mol. The molecule has 9 heteroatoms. The third-order valence-electron chi connectivity index (χ3n) is 2.49. The van der Waals surface area contributed by atoms with Crippen LogP contribution in [-0.2, 0) is 4.79 Å². The third kappa shape index (κ3) is 5.35. The summed E-state index contributed by atoms with van der Waals surface area (Å²) in [5.74, 6) is -0.792.